The van der Waals surface area contributed by atoms with Gasteiger partial charge in [0.05, 0.1) is 12.8 Å². The minimum atomic E-state index is -2.58. The van der Waals surface area contributed by atoms with Crippen molar-refractivity contribution in [3.8, 4) is 0 Å². The Morgan fingerprint density at radius 3 is 1.45 bits per heavy atom. The second-order valence-corrected chi connectivity index (χ2v) is 7.20. The standard InChI is InChI=1S/C20H34O8.Mg.2H/c1-2-3-4-5-6-7-8-9-10-11-12-13-18(25)28-20(19(26)27,14-16(21)22)15-17(23)24;;;/h2-15H2,1H3,(H,21,22)(H,23,24)(H,26,27);;;/q;+2;2*-1. The maximum absolute atomic E-state index is 11.9. The van der Waals surface area contributed by atoms with Crippen molar-refractivity contribution in [1.29, 1.82) is 0 Å². The molecule has 0 unspecified atom stereocenters. The van der Waals surface area contributed by atoms with Gasteiger partial charge in [-0.05, 0) is 6.42 Å². The van der Waals surface area contributed by atoms with Crippen molar-refractivity contribution in [3.63, 3.8) is 0 Å². The van der Waals surface area contributed by atoms with Gasteiger partial charge in [0.15, 0.2) is 0 Å². The van der Waals surface area contributed by atoms with Gasteiger partial charge in [0, 0.05) is 6.42 Å². The SMILES string of the molecule is CCCCCCCCCCCCCC(=O)OC(CC(=O)O)(CC(=O)O)C(=O)O.[H-].[H-].[Mg+2]. The van der Waals surface area contributed by atoms with Crippen molar-refractivity contribution < 1.29 is 42.1 Å². The number of carbonyl (C=O) groups excluding carboxylic acids is 1. The Kier molecular flexibility index (Phi) is 18.0. The molecule has 0 rings (SSSR count). The molecular formula is C20H36MgO8. The van der Waals surface area contributed by atoms with Crippen LogP contribution in [0, 0.1) is 0 Å². The van der Waals surface area contributed by atoms with Crippen LogP contribution in [0.15, 0.2) is 0 Å². The summed E-state index contributed by atoms with van der Waals surface area (Å²) in [4.78, 5) is 45.1. The van der Waals surface area contributed by atoms with Crippen molar-refractivity contribution >= 4 is 46.9 Å². The van der Waals surface area contributed by atoms with E-state index in [4.69, 9.17) is 14.9 Å². The molecule has 166 valence electrons. The second kappa shape index (κ2) is 17.5. The van der Waals surface area contributed by atoms with Crippen LogP contribution in [0.5, 0.6) is 0 Å². The fraction of sp³-hybridized carbons (Fsp3) is 0.800. The number of rotatable bonds is 18. The quantitative estimate of drug-likeness (QED) is 0.170. The van der Waals surface area contributed by atoms with Crippen LogP contribution in [0.1, 0.15) is 99.7 Å². The van der Waals surface area contributed by atoms with E-state index in [-0.39, 0.29) is 32.3 Å². The van der Waals surface area contributed by atoms with Crippen molar-refractivity contribution in [1.82, 2.24) is 0 Å². The van der Waals surface area contributed by atoms with E-state index >= 15 is 0 Å². The molecule has 3 N–H and O–H groups in total. The zero-order valence-electron chi connectivity index (χ0n) is 19.5. The normalized spacial score (nSPS) is 10.8. The zero-order chi connectivity index (χ0) is 21.4. The first-order valence-electron chi connectivity index (χ1n) is 10.1. The predicted octanol–water partition coefficient (Wildman–Crippen LogP) is 3.85. The first-order valence-corrected chi connectivity index (χ1v) is 10.1. The molecular weight excluding hydrogens is 393 g/mol. The van der Waals surface area contributed by atoms with Crippen molar-refractivity contribution in [2.45, 2.75) is 102 Å². The summed E-state index contributed by atoms with van der Waals surface area (Å²) < 4.78 is 4.81. The van der Waals surface area contributed by atoms with E-state index in [1.165, 1.54) is 38.5 Å². The van der Waals surface area contributed by atoms with Gasteiger partial charge in [0.2, 0.25) is 5.60 Å². The molecule has 0 amide bonds. The molecule has 29 heavy (non-hydrogen) atoms. The van der Waals surface area contributed by atoms with Crippen LogP contribution in [0.25, 0.3) is 0 Å². The van der Waals surface area contributed by atoms with E-state index in [0.717, 1.165) is 25.7 Å². The molecule has 0 atom stereocenters. The predicted molar refractivity (Wildman–Crippen MR) is 110 cm³/mol. The van der Waals surface area contributed by atoms with Crippen LogP contribution in [0.3, 0.4) is 0 Å². The number of hydrogen-bond donors (Lipinski definition) is 3. The molecule has 0 bridgehead atoms. The van der Waals surface area contributed by atoms with Gasteiger partial charge in [-0.2, -0.15) is 0 Å². The summed E-state index contributed by atoms with van der Waals surface area (Å²) in [5.41, 5.74) is -2.58. The van der Waals surface area contributed by atoms with Crippen LogP contribution in [-0.2, 0) is 23.9 Å². The van der Waals surface area contributed by atoms with Crippen molar-refractivity contribution in [2.24, 2.45) is 0 Å². The van der Waals surface area contributed by atoms with Crippen LogP contribution < -0.4 is 0 Å². The monoisotopic (exact) mass is 428 g/mol. The smallest absolute Gasteiger partial charge is 1.00 e. The molecule has 0 aliphatic rings. The maximum atomic E-state index is 11.9. The van der Waals surface area contributed by atoms with E-state index in [1.807, 2.05) is 0 Å². The minimum absolute atomic E-state index is 0. The fourth-order valence-electron chi connectivity index (χ4n) is 3.02. The largest absolute Gasteiger partial charge is 2.00 e. The van der Waals surface area contributed by atoms with Gasteiger partial charge in [0.25, 0.3) is 0 Å². The molecule has 0 fully saturated rings. The molecule has 0 saturated heterocycles. The summed E-state index contributed by atoms with van der Waals surface area (Å²) in [5, 5.41) is 26.9. The summed E-state index contributed by atoms with van der Waals surface area (Å²) in [6, 6.07) is 0. The van der Waals surface area contributed by atoms with Crippen molar-refractivity contribution in [3.05, 3.63) is 0 Å². The molecule has 0 aromatic rings. The first kappa shape index (κ1) is 29.8. The molecule has 0 aliphatic heterocycles. The summed E-state index contributed by atoms with van der Waals surface area (Å²) in [5.74, 6) is -5.76. The Morgan fingerprint density at radius 2 is 1.10 bits per heavy atom. The van der Waals surface area contributed by atoms with Crippen LogP contribution in [0.2, 0.25) is 0 Å². The summed E-state index contributed by atoms with van der Waals surface area (Å²) in [6.07, 6.45) is 9.73. The molecule has 0 saturated carbocycles. The average molecular weight is 429 g/mol. The zero-order valence-corrected chi connectivity index (χ0v) is 18.9. The number of ether oxygens (including phenoxy) is 1. The molecule has 0 spiro atoms. The minimum Gasteiger partial charge on any atom is -1.00 e. The Morgan fingerprint density at radius 1 is 0.724 bits per heavy atom. The fourth-order valence-corrected chi connectivity index (χ4v) is 3.02. The maximum Gasteiger partial charge on any atom is 2.00 e. The van der Waals surface area contributed by atoms with Crippen LogP contribution in [-0.4, -0.2) is 67.9 Å². The summed E-state index contributed by atoms with van der Waals surface area (Å²) >= 11 is 0. The van der Waals surface area contributed by atoms with E-state index < -0.39 is 42.3 Å². The number of carboxylic acid groups (broad SMARTS) is 3. The van der Waals surface area contributed by atoms with Crippen LogP contribution >= 0.6 is 0 Å². The van der Waals surface area contributed by atoms with Gasteiger partial charge >= 0.3 is 46.9 Å². The number of unbranched alkanes of at least 4 members (excludes halogenated alkanes) is 10. The first-order chi connectivity index (χ1) is 13.2. The Labute approximate surface area is 191 Å². The van der Waals surface area contributed by atoms with E-state index in [1.54, 1.807) is 0 Å². The van der Waals surface area contributed by atoms with Gasteiger partial charge in [-0.25, -0.2) is 4.79 Å². The van der Waals surface area contributed by atoms with E-state index in [2.05, 4.69) is 6.92 Å². The topological polar surface area (TPSA) is 138 Å². The number of aliphatic carboxylic acids is 3. The van der Waals surface area contributed by atoms with Gasteiger partial charge < -0.3 is 22.9 Å². The third kappa shape index (κ3) is 15.2. The Bertz CT molecular complexity index is 501. The molecule has 0 heterocycles. The number of carbonyl (C=O) groups is 4. The molecule has 0 aromatic carbocycles. The molecule has 8 nitrogen and oxygen atoms in total. The van der Waals surface area contributed by atoms with Gasteiger partial charge in [0.1, 0.15) is 0 Å². The van der Waals surface area contributed by atoms with Crippen LogP contribution in [0.4, 0.5) is 0 Å². The molecule has 0 aliphatic carbocycles. The Balaban J connectivity index is -0.00000121. The third-order valence-corrected chi connectivity index (χ3v) is 4.56. The third-order valence-electron chi connectivity index (χ3n) is 4.56. The Hall–Kier alpha value is -1.35. The van der Waals surface area contributed by atoms with Gasteiger partial charge in [-0.1, -0.05) is 71.1 Å². The summed E-state index contributed by atoms with van der Waals surface area (Å²) in [6.45, 7) is 2.19. The average Bonchev–Trinajstić information content (AvgIpc) is 2.58. The molecule has 0 aromatic heterocycles. The number of carboxylic acids is 3. The number of esters is 1. The second-order valence-electron chi connectivity index (χ2n) is 7.20. The molecule has 9 heteroatoms. The number of hydrogen-bond acceptors (Lipinski definition) is 5. The van der Waals surface area contributed by atoms with E-state index in [9.17, 15) is 24.3 Å². The van der Waals surface area contributed by atoms with Crippen molar-refractivity contribution in [2.75, 3.05) is 0 Å². The van der Waals surface area contributed by atoms with E-state index in [0.29, 0.717) is 6.42 Å². The molecule has 0 radical (unpaired) electrons. The summed E-state index contributed by atoms with van der Waals surface area (Å²) in [7, 11) is 0. The van der Waals surface area contributed by atoms with Gasteiger partial charge in [-0.3, -0.25) is 14.4 Å². The van der Waals surface area contributed by atoms with Gasteiger partial charge in [-0.15, -0.1) is 0 Å².